The van der Waals surface area contributed by atoms with Crippen molar-refractivity contribution in [1.82, 2.24) is 24.3 Å². The van der Waals surface area contributed by atoms with Gasteiger partial charge >= 0.3 is 5.69 Å². The summed E-state index contributed by atoms with van der Waals surface area (Å²) in [6.45, 7) is 1.55. The molecule has 10 heteroatoms. The van der Waals surface area contributed by atoms with Crippen LogP contribution in [0, 0.1) is 12.9 Å². The summed E-state index contributed by atoms with van der Waals surface area (Å²) in [5.74, 6) is -0.210. The monoisotopic (exact) mass is 410 g/mol. The summed E-state index contributed by atoms with van der Waals surface area (Å²) < 4.78 is 28.3. The Kier molecular flexibility index (Phi) is 8.15. The van der Waals surface area contributed by atoms with Crippen LogP contribution in [0.3, 0.4) is 0 Å². The van der Waals surface area contributed by atoms with E-state index < -0.39 is 11.6 Å². The van der Waals surface area contributed by atoms with Gasteiger partial charge in [-0.15, -0.1) is 12.4 Å². The van der Waals surface area contributed by atoms with Crippen LogP contribution >= 0.6 is 12.4 Å². The van der Waals surface area contributed by atoms with E-state index in [2.05, 4.69) is 15.1 Å². The lowest BCUT2D eigenvalue weighted by Gasteiger charge is -2.05. The van der Waals surface area contributed by atoms with E-state index in [1.807, 2.05) is 0 Å². The van der Waals surface area contributed by atoms with Crippen molar-refractivity contribution in [3.8, 4) is 17.1 Å². The highest BCUT2D eigenvalue weighted by molar-refractivity contribution is 5.85. The van der Waals surface area contributed by atoms with Crippen molar-refractivity contribution in [2.24, 2.45) is 5.73 Å². The molecule has 0 atom stereocenters. The number of hydrogen-bond acceptors (Lipinski definition) is 5. The molecule has 3 rings (SSSR count). The fourth-order valence-corrected chi connectivity index (χ4v) is 2.36. The van der Waals surface area contributed by atoms with Gasteiger partial charge in [-0.25, -0.2) is 28.4 Å². The minimum Gasteiger partial charge on any atom is -0.327 e. The summed E-state index contributed by atoms with van der Waals surface area (Å²) in [6.07, 6.45) is 3.05. The molecular weight excluding hydrogens is 390 g/mol. The Morgan fingerprint density at radius 1 is 1.36 bits per heavy atom. The van der Waals surface area contributed by atoms with E-state index in [0.717, 1.165) is 4.68 Å². The molecular formula is C18H21ClF2N6O. The number of aryl methyl sites for hydroxylation is 1. The zero-order valence-corrected chi connectivity index (χ0v) is 15.2. The largest absolute Gasteiger partial charge is 0.351 e. The van der Waals surface area contributed by atoms with Crippen molar-refractivity contribution in [3.05, 3.63) is 70.7 Å². The van der Waals surface area contributed by atoms with E-state index in [1.54, 1.807) is 31.2 Å². The number of aromatic nitrogens is 5. The summed E-state index contributed by atoms with van der Waals surface area (Å²) in [6, 6.07) is 6.70. The molecule has 28 heavy (non-hydrogen) atoms. The molecule has 2 N–H and O–H groups in total. The summed E-state index contributed by atoms with van der Waals surface area (Å²) in [7, 11) is 0. The van der Waals surface area contributed by atoms with E-state index in [1.165, 1.54) is 17.1 Å². The van der Waals surface area contributed by atoms with E-state index in [0.29, 0.717) is 29.0 Å². The van der Waals surface area contributed by atoms with Gasteiger partial charge in [0.2, 0.25) is 5.95 Å². The zero-order valence-electron chi connectivity index (χ0n) is 14.3. The summed E-state index contributed by atoms with van der Waals surface area (Å²) in [4.78, 5) is 20.6. The van der Waals surface area contributed by atoms with Gasteiger partial charge in [-0.05, 0) is 30.7 Å². The SMILES string of the molecule is C.Cc1cc(-c2cccc(-n3cnn(C/C(=C/F)CN)c3=O)n2)cnc1F.Cl. The van der Waals surface area contributed by atoms with Crippen molar-refractivity contribution in [2.75, 3.05) is 6.54 Å². The molecule has 0 saturated carbocycles. The van der Waals surface area contributed by atoms with Gasteiger partial charge in [-0.2, -0.15) is 9.49 Å². The molecule has 0 spiro atoms. The van der Waals surface area contributed by atoms with Gasteiger partial charge < -0.3 is 5.73 Å². The van der Waals surface area contributed by atoms with Gasteiger partial charge in [0.25, 0.3) is 0 Å². The zero-order chi connectivity index (χ0) is 18.7. The molecule has 0 aliphatic heterocycles. The van der Waals surface area contributed by atoms with E-state index in [4.69, 9.17) is 5.73 Å². The Labute approximate surface area is 167 Å². The summed E-state index contributed by atoms with van der Waals surface area (Å²) in [5, 5.41) is 3.96. The lowest BCUT2D eigenvalue weighted by Crippen LogP contribution is -2.26. The van der Waals surface area contributed by atoms with Crippen molar-refractivity contribution in [2.45, 2.75) is 20.9 Å². The smallest absolute Gasteiger partial charge is 0.327 e. The third-order valence-electron chi connectivity index (χ3n) is 3.79. The molecule has 0 bridgehead atoms. The average Bonchev–Trinajstić information content (AvgIpc) is 3.02. The van der Waals surface area contributed by atoms with Crippen LogP contribution in [-0.4, -0.2) is 30.9 Å². The first-order valence-electron chi connectivity index (χ1n) is 7.76. The molecule has 3 aromatic rings. The maximum atomic E-state index is 13.3. The van der Waals surface area contributed by atoms with Crippen LogP contribution in [0.25, 0.3) is 17.1 Å². The van der Waals surface area contributed by atoms with E-state index >= 15 is 0 Å². The standard InChI is InChI=1S/C17H16F2N6O.CH4.ClH/c1-11-5-13(8-21-16(11)19)14-3-2-4-15(23-14)24-10-22-25(17(24)26)9-12(6-18)7-20;;/h2-6,8,10H,7,9,20H2,1H3;1H4;1H/b12-6+;;. The number of nitrogens with zero attached hydrogens (tertiary/aromatic N) is 5. The van der Waals surface area contributed by atoms with Crippen LogP contribution in [0.15, 0.2) is 53.5 Å². The maximum Gasteiger partial charge on any atom is 0.351 e. The highest BCUT2D eigenvalue weighted by Gasteiger charge is 2.11. The second-order valence-corrected chi connectivity index (χ2v) is 5.63. The normalized spacial score (nSPS) is 10.9. The molecule has 0 fully saturated rings. The minimum absolute atomic E-state index is 0. The molecule has 0 radical (unpaired) electrons. The molecule has 0 aliphatic rings. The van der Waals surface area contributed by atoms with Crippen molar-refractivity contribution in [1.29, 1.82) is 0 Å². The summed E-state index contributed by atoms with van der Waals surface area (Å²) in [5.41, 5.74) is 6.72. The first kappa shape index (κ1) is 23.1. The Bertz CT molecular complexity index is 1030. The van der Waals surface area contributed by atoms with Crippen molar-refractivity contribution >= 4 is 12.4 Å². The van der Waals surface area contributed by atoms with Crippen LogP contribution in [0.4, 0.5) is 8.78 Å². The van der Waals surface area contributed by atoms with Gasteiger partial charge in [0.1, 0.15) is 12.1 Å². The number of rotatable bonds is 5. The summed E-state index contributed by atoms with van der Waals surface area (Å²) >= 11 is 0. The molecule has 0 aliphatic carbocycles. The third kappa shape index (κ3) is 4.68. The fraction of sp³-hybridized carbons (Fsp3) is 0.222. The second-order valence-electron chi connectivity index (χ2n) is 5.63. The minimum atomic E-state index is -0.543. The first-order valence-corrected chi connectivity index (χ1v) is 7.76. The molecule has 150 valence electrons. The predicted molar refractivity (Wildman–Crippen MR) is 106 cm³/mol. The first-order chi connectivity index (χ1) is 12.5. The van der Waals surface area contributed by atoms with Gasteiger partial charge in [0.05, 0.1) is 18.6 Å². The number of hydrogen-bond donors (Lipinski definition) is 1. The highest BCUT2D eigenvalue weighted by Crippen LogP contribution is 2.19. The molecule has 3 heterocycles. The fourth-order valence-electron chi connectivity index (χ4n) is 2.36. The highest BCUT2D eigenvalue weighted by atomic mass is 35.5. The van der Waals surface area contributed by atoms with Gasteiger partial charge in [-0.3, -0.25) is 0 Å². The predicted octanol–water partition coefficient (Wildman–Crippen LogP) is 2.81. The van der Waals surface area contributed by atoms with E-state index in [9.17, 15) is 13.6 Å². The van der Waals surface area contributed by atoms with Crippen LogP contribution in [0.1, 0.15) is 13.0 Å². The van der Waals surface area contributed by atoms with Gasteiger partial charge in [0, 0.05) is 23.9 Å². The number of nitrogens with two attached hydrogens (primary N) is 1. The maximum absolute atomic E-state index is 13.3. The Morgan fingerprint density at radius 2 is 2.11 bits per heavy atom. The molecule has 0 amide bonds. The average molecular weight is 411 g/mol. The van der Waals surface area contributed by atoms with Crippen molar-refractivity contribution < 1.29 is 8.78 Å². The molecule has 3 aromatic heterocycles. The second kappa shape index (κ2) is 9.86. The Balaban J connectivity index is 0.00000196. The third-order valence-corrected chi connectivity index (χ3v) is 3.79. The van der Waals surface area contributed by atoms with E-state index in [-0.39, 0.29) is 38.5 Å². The van der Waals surface area contributed by atoms with Crippen LogP contribution in [-0.2, 0) is 6.54 Å². The van der Waals surface area contributed by atoms with Crippen LogP contribution < -0.4 is 11.4 Å². The Morgan fingerprint density at radius 3 is 2.75 bits per heavy atom. The number of pyridine rings is 2. The topological polar surface area (TPSA) is 91.6 Å². The van der Waals surface area contributed by atoms with Crippen LogP contribution in [0.5, 0.6) is 0 Å². The van der Waals surface area contributed by atoms with Crippen molar-refractivity contribution in [3.63, 3.8) is 0 Å². The lowest BCUT2D eigenvalue weighted by molar-refractivity contribution is 0.575. The Hall–Kier alpha value is -2.91. The molecule has 0 saturated heterocycles. The van der Waals surface area contributed by atoms with Gasteiger partial charge in [0.15, 0.2) is 0 Å². The van der Waals surface area contributed by atoms with Gasteiger partial charge in [-0.1, -0.05) is 13.5 Å². The molecule has 7 nitrogen and oxygen atoms in total. The number of halogens is 3. The quantitative estimate of drug-likeness (QED) is 0.653. The van der Waals surface area contributed by atoms with Crippen LogP contribution in [0.2, 0.25) is 0 Å². The molecule has 0 aromatic carbocycles. The lowest BCUT2D eigenvalue weighted by atomic mass is 10.1. The molecule has 0 unspecified atom stereocenters.